The number of rotatable bonds is 15. The number of hydrogen-bond acceptors (Lipinski definition) is 14. The van der Waals surface area contributed by atoms with Crippen LogP contribution in [-0.4, -0.2) is 160 Å². The normalized spacial score (nSPS) is 14.2. The maximum atomic E-state index is 12.3. The summed E-state index contributed by atoms with van der Waals surface area (Å²) >= 11 is 12.9. The van der Waals surface area contributed by atoms with Crippen LogP contribution in [0.25, 0.3) is 0 Å². The molecular formula is C69H99Cl2N9O10. The molecule has 5 aromatic rings. The highest BCUT2D eigenvalue weighted by Gasteiger charge is 2.29. The largest absolute Gasteiger partial charge is 0.445 e. The lowest BCUT2D eigenvalue weighted by molar-refractivity contribution is 0.0230. The predicted molar refractivity (Wildman–Crippen MR) is 362 cm³/mol. The number of carbonyl (C=O) groups is 5. The molecule has 0 radical (unpaired) electrons. The van der Waals surface area contributed by atoms with Crippen molar-refractivity contribution in [1.29, 1.82) is 0 Å². The van der Waals surface area contributed by atoms with E-state index < -0.39 is 29.0 Å². The van der Waals surface area contributed by atoms with Gasteiger partial charge < -0.3 is 69.5 Å². The summed E-state index contributed by atoms with van der Waals surface area (Å²) in [5.74, 6) is 0. The number of nitrogens with two attached hydrogens (primary N) is 1. The number of nitrogens with one attached hydrogen (secondary N) is 2. The Hall–Kier alpha value is -7.61. The van der Waals surface area contributed by atoms with E-state index in [2.05, 4.69) is 55.7 Å². The molecule has 3 aliphatic heterocycles. The first kappa shape index (κ1) is 74.9. The molecular weight excluding hydrogens is 1190 g/mol. The van der Waals surface area contributed by atoms with E-state index in [1.807, 2.05) is 153 Å². The fourth-order valence-electron chi connectivity index (χ4n) is 9.52. The molecule has 4 N–H and O–H groups in total. The Balaban J connectivity index is 0.000000290. The van der Waals surface area contributed by atoms with Crippen molar-refractivity contribution < 1.29 is 47.7 Å². The Morgan fingerprint density at radius 1 is 0.422 bits per heavy atom. The number of anilines is 3. The van der Waals surface area contributed by atoms with E-state index in [1.54, 1.807) is 14.7 Å². The first-order valence-corrected chi connectivity index (χ1v) is 31.0. The molecule has 5 aromatic carbocycles. The minimum Gasteiger partial charge on any atom is -0.445 e. The highest BCUT2D eigenvalue weighted by Crippen LogP contribution is 2.30. The maximum Gasteiger partial charge on any atom is 0.410 e. The average molecular weight is 1290 g/mol. The second-order valence-corrected chi connectivity index (χ2v) is 25.4. The average Bonchev–Trinajstić information content (AvgIpc) is 1.14. The van der Waals surface area contributed by atoms with Gasteiger partial charge >= 0.3 is 30.5 Å². The smallest absolute Gasteiger partial charge is 0.410 e. The van der Waals surface area contributed by atoms with Crippen LogP contribution < -0.4 is 31.1 Å². The molecule has 3 fully saturated rings. The highest BCUT2D eigenvalue weighted by molar-refractivity contribution is 6.33. The van der Waals surface area contributed by atoms with Gasteiger partial charge in [0.25, 0.3) is 0 Å². The second kappa shape index (κ2) is 36.3. The van der Waals surface area contributed by atoms with Crippen LogP contribution in [-0.2, 0) is 56.2 Å². The molecule has 19 nitrogen and oxygen atoms in total. The topological polar surface area (TPSA) is 201 Å². The van der Waals surface area contributed by atoms with Gasteiger partial charge in [-0.3, -0.25) is 0 Å². The molecule has 0 spiro atoms. The number of benzene rings is 5. The molecule has 0 saturated carbocycles. The van der Waals surface area contributed by atoms with Crippen LogP contribution in [0.15, 0.2) is 121 Å². The van der Waals surface area contributed by atoms with Crippen molar-refractivity contribution >= 4 is 70.7 Å². The van der Waals surface area contributed by atoms with Crippen molar-refractivity contribution in [3.8, 4) is 0 Å². The van der Waals surface area contributed by atoms with Gasteiger partial charge in [0.05, 0.1) is 21.4 Å². The zero-order chi connectivity index (χ0) is 63.9. The Morgan fingerprint density at radius 2 is 0.744 bits per heavy atom. The summed E-state index contributed by atoms with van der Waals surface area (Å²) in [5.41, 5.74) is 12.5. The van der Waals surface area contributed by atoms with Gasteiger partial charge in [-0.05, 0) is 152 Å². The number of amides is 5. The van der Waals surface area contributed by atoms with Gasteiger partial charge in [-0.25, -0.2) is 24.0 Å². The van der Waals surface area contributed by atoms with E-state index in [-0.39, 0.29) is 46.3 Å². The van der Waals surface area contributed by atoms with Crippen LogP contribution in [0.2, 0.25) is 10.0 Å². The van der Waals surface area contributed by atoms with Gasteiger partial charge in [-0.1, -0.05) is 123 Å². The van der Waals surface area contributed by atoms with Crippen molar-refractivity contribution in [3.05, 3.63) is 159 Å². The van der Waals surface area contributed by atoms with Crippen molar-refractivity contribution in [2.45, 2.75) is 126 Å². The second-order valence-electron chi connectivity index (χ2n) is 24.6. The number of carbonyl (C=O) groups excluding carboxylic acids is 5. The first-order valence-electron chi connectivity index (χ1n) is 30.2. The van der Waals surface area contributed by atoms with Crippen LogP contribution in [0.4, 0.5) is 41.0 Å². The minimum absolute atomic E-state index is 0. The summed E-state index contributed by atoms with van der Waals surface area (Å²) in [7, 11) is 0. The van der Waals surface area contributed by atoms with Gasteiger partial charge in [-0.2, -0.15) is 0 Å². The fraction of sp³-hybridized carbons (Fsp3) is 0.493. The Bertz CT molecular complexity index is 2990. The van der Waals surface area contributed by atoms with Gasteiger partial charge in [0, 0.05) is 97.3 Å². The molecule has 3 heterocycles. The summed E-state index contributed by atoms with van der Waals surface area (Å²) < 4.78 is 26.8. The number of ether oxygens (including phenoxy) is 5. The highest BCUT2D eigenvalue weighted by atomic mass is 35.5. The van der Waals surface area contributed by atoms with Crippen LogP contribution in [0.3, 0.4) is 0 Å². The predicted octanol–water partition coefficient (Wildman–Crippen LogP) is 13.2. The molecule has 21 heteroatoms. The molecule has 3 aliphatic rings. The maximum absolute atomic E-state index is 12.3. The number of halogens is 2. The summed E-state index contributed by atoms with van der Waals surface area (Å²) in [4.78, 5) is 72.2. The number of hydrogen-bond donors (Lipinski definition) is 3. The van der Waals surface area contributed by atoms with Gasteiger partial charge in [0.1, 0.15) is 30.0 Å². The lowest BCUT2D eigenvalue weighted by Crippen LogP contribution is -2.50. The van der Waals surface area contributed by atoms with E-state index in [0.29, 0.717) is 83.4 Å². The van der Waals surface area contributed by atoms with Crippen molar-refractivity contribution in [3.63, 3.8) is 0 Å². The Morgan fingerprint density at radius 3 is 1.08 bits per heavy atom. The van der Waals surface area contributed by atoms with Crippen LogP contribution in [0.1, 0.15) is 105 Å². The third-order valence-corrected chi connectivity index (χ3v) is 14.6. The zero-order valence-electron chi connectivity index (χ0n) is 52.8. The van der Waals surface area contributed by atoms with E-state index >= 15 is 0 Å². The first-order chi connectivity index (χ1) is 41.8. The van der Waals surface area contributed by atoms with Gasteiger partial charge in [0.2, 0.25) is 0 Å². The summed E-state index contributed by atoms with van der Waals surface area (Å²) in [6.45, 7) is 27.1. The molecule has 0 unspecified atom stereocenters. The number of nitrogens with zero attached hydrogens (tertiary/aromatic N) is 6. The molecule has 3 saturated heterocycles. The third kappa shape index (κ3) is 26.5. The van der Waals surface area contributed by atoms with Crippen LogP contribution in [0.5, 0.6) is 0 Å². The molecule has 0 atom stereocenters. The molecule has 5 amide bonds. The minimum atomic E-state index is -0.499. The van der Waals surface area contributed by atoms with Crippen molar-refractivity contribution in [2.24, 2.45) is 5.73 Å². The molecule has 90 heavy (non-hydrogen) atoms. The van der Waals surface area contributed by atoms with Crippen LogP contribution in [0, 0.1) is 0 Å². The Labute approximate surface area is 545 Å². The van der Waals surface area contributed by atoms with E-state index in [9.17, 15) is 24.0 Å². The summed E-state index contributed by atoms with van der Waals surface area (Å²) in [5, 5.41) is 6.95. The van der Waals surface area contributed by atoms with E-state index in [4.69, 9.17) is 52.6 Å². The lowest BCUT2D eigenvalue weighted by atomic mass is 10.1. The number of piperazine rings is 3. The zero-order valence-corrected chi connectivity index (χ0v) is 54.3. The number of alkyl carbamates (subject to hydrolysis) is 2. The van der Waals surface area contributed by atoms with E-state index in [0.717, 1.165) is 88.9 Å². The third-order valence-electron chi connectivity index (χ3n) is 14.0. The van der Waals surface area contributed by atoms with Gasteiger partial charge in [0.15, 0.2) is 0 Å². The molecule has 8 rings (SSSR count). The SMILES string of the molecule is C.C.CC(C)(C)OC(=O)N1CCN(c2ccc(CCN)cc2Cl)CC1.CC(C)(C)OC(=O)N1CCN(c2ccc(CCNC(=O)OCc3ccccc3)cc2)CC1.CC(C)(C)OC(=O)N1CCN(c2ccc(CCNC(=O)OCc3ccccc3)cc2Cl)CC1. The lowest BCUT2D eigenvalue weighted by Gasteiger charge is -2.37. The summed E-state index contributed by atoms with van der Waals surface area (Å²) in [6, 6.07) is 39.5. The Kier molecular flexibility index (Phi) is 30.2. The van der Waals surface area contributed by atoms with E-state index in [1.165, 1.54) is 0 Å². The standard InChI is InChI=1S/C25H32ClN3O4.C25H33N3O4.C17H26ClN3O2.2CH4/c1-25(2,3)33-24(31)29-15-13-28(14-16-29)22-10-9-19(17-21(22)26)11-12-27-23(30)32-18-20-7-5-4-6-8-20;1-25(2,3)32-24(30)28-17-15-27(16-18-28)22-11-9-20(10-12-22)13-14-26-23(29)31-19-21-7-5-4-6-8-21;1-17(2,3)23-16(22)21-10-8-20(9-11-21)15-5-4-13(6-7-19)12-14(15)18;;/h4-10,17H,11-16,18H2,1-3H3,(H,27,30);4-12H,13-19H2,1-3H3,(H,26,29);4-5,12H,6-11,19H2,1-3H3;2*1H4. The quantitative estimate of drug-likeness (QED) is 0.0836. The monoisotopic (exact) mass is 1280 g/mol. The van der Waals surface area contributed by atoms with Crippen molar-refractivity contribution in [2.75, 3.05) is 113 Å². The molecule has 0 aliphatic carbocycles. The van der Waals surface area contributed by atoms with Gasteiger partial charge in [-0.15, -0.1) is 0 Å². The molecule has 494 valence electrons. The summed E-state index contributed by atoms with van der Waals surface area (Å²) in [6.07, 6.45) is 0.576. The fourth-order valence-corrected chi connectivity index (χ4v) is 10.2. The molecule has 0 bridgehead atoms. The van der Waals surface area contributed by atoms with Crippen LogP contribution >= 0.6 is 23.2 Å². The van der Waals surface area contributed by atoms with Crippen molar-refractivity contribution in [1.82, 2.24) is 25.3 Å². The molecule has 0 aromatic heterocycles.